The maximum atomic E-state index is 12.6. The van der Waals surface area contributed by atoms with Crippen LogP contribution in [0.5, 0.6) is 5.75 Å². The number of hydrogen-bond acceptors (Lipinski definition) is 3. The Balaban J connectivity index is 1.51. The molecule has 0 radical (unpaired) electrons. The molecular weight excluding hydrogens is 316 g/mol. The van der Waals surface area contributed by atoms with Crippen LogP contribution >= 0.6 is 0 Å². The number of carbonyl (C=O) groups is 2. The molecule has 2 heterocycles. The van der Waals surface area contributed by atoms with Crippen molar-refractivity contribution in [2.75, 3.05) is 19.6 Å². The summed E-state index contributed by atoms with van der Waals surface area (Å²) in [5.74, 6) is 0.820. The van der Waals surface area contributed by atoms with Crippen molar-refractivity contribution in [2.24, 2.45) is 5.92 Å². The Bertz CT molecular complexity index is 659. The summed E-state index contributed by atoms with van der Waals surface area (Å²) in [5.41, 5.74) is 1.02. The van der Waals surface area contributed by atoms with Gasteiger partial charge in [-0.05, 0) is 44.9 Å². The van der Waals surface area contributed by atoms with Gasteiger partial charge in [0.1, 0.15) is 11.9 Å². The highest BCUT2D eigenvalue weighted by Crippen LogP contribution is 2.29. The minimum absolute atomic E-state index is 0.0480. The second-order valence-electron chi connectivity index (χ2n) is 8.06. The Kier molecular flexibility index (Phi) is 4.76. The molecule has 3 rings (SSSR count). The van der Waals surface area contributed by atoms with E-state index in [0.29, 0.717) is 26.1 Å². The summed E-state index contributed by atoms with van der Waals surface area (Å²) in [6, 6.07) is 8.10. The second-order valence-corrected chi connectivity index (χ2v) is 8.06. The number of benzene rings is 1. The molecule has 2 aliphatic rings. The number of likely N-dealkylation sites (tertiary alicyclic amines) is 2. The van der Waals surface area contributed by atoms with Crippen LogP contribution in [-0.2, 0) is 16.0 Å². The van der Waals surface area contributed by atoms with Gasteiger partial charge in [0.25, 0.3) is 0 Å². The molecule has 1 aromatic carbocycles. The first kappa shape index (κ1) is 17.8. The third kappa shape index (κ3) is 3.80. The van der Waals surface area contributed by atoms with Crippen LogP contribution in [0.15, 0.2) is 24.3 Å². The van der Waals surface area contributed by atoms with E-state index in [0.717, 1.165) is 12.2 Å². The fourth-order valence-electron chi connectivity index (χ4n) is 3.50. The largest absolute Gasteiger partial charge is 0.487 e. The van der Waals surface area contributed by atoms with Gasteiger partial charge < -0.3 is 14.5 Å². The fourth-order valence-corrected chi connectivity index (χ4v) is 3.50. The van der Waals surface area contributed by atoms with Crippen LogP contribution in [0.4, 0.5) is 0 Å². The molecule has 5 nitrogen and oxygen atoms in total. The third-order valence-electron chi connectivity index (χ3n) is 5.05. The molecule has 0 bridgehead atoms. The van der Waals surface area contributed by atoms with Gasteiger partial charge in [-0.25, -0.2) is 0 Å². The Labute approximate surface area is 149 Å². The maximum Gasteiger partial charge on any atom is 0.228 e. The van der Waals surface area contributed by atoms with Crippen LogP contribution in [0.25, 0.3) is 0 Å². The Morgan fingerprint density at radius 1 is 1.24 bits per heavy atom. The summed E-state index contributed by atoms with van der Waals surface area (Å²) >= 11 is 0. The standard InChI is InChI=1S/C20H28N2O3/c1-5-14-7-6-8-16(9-14)25-17-12-21(13-17)19(24)15-10-18(23)22(11-15)20(2,3)4/h6-9,15,17H,5,10-13H2,1-4H3/t15-/m0/s1. The molecule has 2 amide bonds. The molecule has 2 fully saturated rings. The van der Waals surface area contributed by atoms with Crippen LogP contribution in [0.1, 0.15) is 39.7 Å². The molecule has 5 heteroatoms. The smallest absolute Gasteiger partial charge is 0.228 e. The average molecular weight is 344 g/mol. The average Bonchev–Trinajstić information content (AvgIpc) is 2.92. The first-order valence-corrected chi connectivity index (χ1v) is 9.12. The van der Waals surface area contributed by atoms with E-state index in [1.807, 2.05) is 42.7 Å². The fraction of sp³-hybridized carbons (Fsp3) is 0.600. The number of rotatable bonds is 4. The van der Waals surface area contributed by atoms with Crippen LogP contribution in [0, 0.1) is 5.92 Å². The van der Waals surface area contributed by atoms with Crippen molar-refractivity contribution in [3.05, 3.63) is 29.8 Å². The van der Waals surface area contributed by atoms with E-state index in [-0.39, 0.29) is 29.4 Å². The van der Waals surface area contributed by atoms with E-state index < -0.39 is 0 Å². The number of nitrogens with zero attached hydrogens (tertiary/aromatic N) is 2. The maximum absolute atomic E-state index is 12.6. The van der Waals surface area contributed by atoms with E-state index in [2.05, 4.69) is 19.1 Å². The van der Waals surface area contributed by atoms with Crippen molar-refractivity contribution >= 4 is 11.8 Å². The van der Waals surface area contributed by atoms with Crippen molar-refractivity contribution in [1.82, 2.24) is 9.80 Å². The molecule has 1 aromatic rings. The van der Waals surface area contributed by atoms with Crippen molar-refractivity contribution < 1.29 is 14.3 Å². The lowest BCUT2D eigenvalue weighted by molar-refractivity contribution is -0.144. The van der Waals surface area contributed by atoms with Gasteiger partial charge in [-0.3, -0.25) is 9.59 Å². The normalized spacial score (nSPS) is 21.4. The van der Waals surface area contributed by atoms with Crippen LogP contribution in [0.3, 0.4) is 0 Å². The van der Waals surface area contributed by atoms with Gasteiger partial charge in [0.2, 0.25) is 11.8 Å². The van der Waals surface area contributed by atoms with Gasteiger partial charge in [0.15, 0.2) is 0 Å². The summed E-state index contributed by atoms with van der Waals surface area (Å²) in [6.45, 7) is 9.89. The van der Waals surface area contributed by atoms with E-state index in [1.54, 1.807) is 0 Å². The first-order valence-electron chi connectivity index (χ1n) is 9.12. The molecule has 1 atom stereocenters. The first-order chi connectivity index (χ1) is 11.8. The molecule has 0 aliphatic carbocycles. The Hall–Kier alpha value is -2.04. The molecular formula is C20H28N2O3. The zero-order valence-corrected chi connectivity index (χ0v) is 15.6. The summed E-state index contributed by atoms with van der Waals surface area (Å²) in [7, 11) is 0. The summed E-state index contributed by atoms with van der Waals surface area (Å²) in [5, 5.41) is 0. The Morgan fingerprint density at radius 3 is 2.56 bits per heavy atom. The number of ether oxygens (including phenoxy) is 1. The Morgan fingerprint density at radius 2 is 1.96 bits per heavy atom. The topological polar surface area (TPSA) is 49.9 Å². The molecule has 0 spiro atoms. The number of amides is 2. The lowest BCUT2D eigenvalue weighted by Gasteiger charge is -2.40. The van der Waals surface area contributed by atoms with Gasteiger partial charge in [-0.2, -0.15) is 0 Å². The highest BCUT2D eigenvalue weighted by molar-refractivity contribution is 5.90. The van der Waals surface area contributed by atoms with Gasteiger partial charge in [0, 0.05) is 18.5 Å². The van der Waals surface area contributed by atoms with Crippen LogP contribution in [0.2, 0.25) is 0 Å². The molecule has 0 N–H and O–H groups in total. The van der Waals surface area contributed by atoms with Crippen LogP contribution < -0.4 is 4.74 Å². The SMILES string of the molecule is CCc1cccc(OC2CN(C(=O)[C@H]3CC(=O)N(C(C)(C)C)C3)C2)c1. The monoisotopic (exact) mass is 344 g/mol. The van der Waals surface area contributed by atoms with Gasteiger partial charge in [0.05, 0.1) is 19.0 Å². The molecule has 2 saturated heterocycles. The van der Waals surface area contributed by atoms with Gasteiger partial charge in [-0.15, -0.1) is 0 Å². The van der Waals surface area contributed by atoms with E-state index in [4.69, 9.17) is 4.74 Å². The number of carbonyl (C=O) groups excluding carboxylic acids is 2. The minimum Gasteiger partial charge on any atom is -0.487 e. The van der Waals surface area contributed by atoms with E-state index in [9.17, 15) is 9.59 Å². The van der Waals surface area contributed by atoms with Crippen molar-refractivity contribution in [3.63, 3.8) is 0 Å². The third-order valence-corrected chi connectivity index (χ3v) is 5.05. The zero-order valence-electron chi connectivity index (χ0n) is 15.6. The molecule has 25 heavy (non-hydrogen) atoms. The highest BCUT2D eigenvalue weighted by atomic mass is 16.5. The lowest BCUT2D eigenvalue weighted by Crippen LogP contribution is -2.58. The van der Waals surface area contributed by atoms with Crippen LogP contribution in [-0.4, -0.2) is 52.9 Å². The van der Waals surface area contributed by atoms with Crippen molar-refractivity contribution in [2.45, 2.75) is 52.2 Å². The summed E-state index contributed by atoms with van der Waals surface area (Å²) < 4.78 is 5.96. The number of hydrogen-bond donors (Lipinski definition) is 0. The molecule has 0 saturated carbocycles. The predicted molar refractivity (Wildman–Crippen MR) is 96.4 cm³/mol. The summed E-state index contributed by atoms with van der Waals surface area (Å²) in [4.78, 5) is 28.4. The molecule has 0 unspecified atom stereocenters. The lowest BCUT2D eigenvalue weighted by atomic mass is 10.0. The molecule has 0 aromatic heterocycles. The predicted octanol–water partition coefficient (Wildman–Crippen LogP) is 2.49. The zero-order chi connectivity index (χ0) is 18.2. The van der Waals surface area contributed by atoms with Gasteiger partial charge in [-0.1, -0.05) is 19.1 Å². The quantitative estimate of drug-likeness (QED) is 0.843. The second kappa shape index (κ2) is 6.70. The number of aryl methyl sites for hydroxylation is 1. The summed E-state index contributed by atoms with van der Waals surface area (Å²) in [6.07, 6.45) is 1.36. The van der Waals surface area contributed by atoms with Gasteiger partial charge >= 0.3 is 0 Å². The highest BCUT2D eigenvalue weighted by Gasteiger charge is 2.43. The van der Waals surface area contributed by atoms with Crippen molar-refractivity contribution in [3.8, 4) is 5.75 Å². The molecule has 2 aliphatic heterocycles. The van der Waals surface area contributed by atoms with E-state index in [1.165, 1.54) is 5.56 Å². The van der Waals surface area contributed by atoms with E-state index >= 15 is 0 Å². The van der Waals surface area contributed by atoms with Crippen molar-refractivity contribution in [1.29, 1.82) is 0 Å². The molecule has 136 valence electrons. The minimum atomic E-state index is -0.225.